The molecule has 0 heterocycles. The Labute approximate surface area is 146 Å². The van der Waals surface area contributed by atoms with Crippen molar-refractivity contribution >= 4 is 21.6 Å². The summed E-state index contributed by atoms with van der Waals surface area (Å²) in [5, 5.41) is 0.231. The fourth-order valence-corrected chi connectivity index (χ4v) is 3.28. The molecule has 0 saturated carbocycles. The topological polar surface area (TPSA) is 73.9 Å². The first-order chi connectivity index (χ1) is 11.5. The third kappa shape index (κ3) is 4.77. The molecule has 0 aliphatic carbocycles. The van der Waals surface area contributed by atoms with E-state index in [4.69, 9.17) is 25.8 Å². The minimum absolute atomic E-state index is 0.0674. The Morgan fingerprint density at radius 1 is 1.00 bits per heavy atom. The Bertz CT molecular complexity index is 778. The van der Waals surface area contributed by atoms with Gasteiger partial charge >= 0.3 is 0 Å². The summed E-state index contributed by atoms with van der Waals surface area (Å²) < 4.78 is 42.4. The van der Waals surface area contributed by atoms with Crippen molar-refractivity contribution in [3.63, 3.8) is 0 Å². The summed E-state index contributed by atoms with van der Waals surface area (Å²) in [6, 6.07) is 11.3. The maximum atomic E-state index is 12.2. The largest absolute Gasteiger partial charge is 0.497 e. The summed E-state index contributed by atoms with van der Waals surface area (Å²) in [4.78, 5) is 0.0674. The molecular weight excluding hydrogens is 354 g/mol. The van der Waals surface area contributed by atoms with Gasteiger partial charge in [0.15, 0.2) is 0 Å². The van der Waals surface area contributed by atoms with Gasteiger partial charge in [-0.1, -0.05) is 11.6 Å². The summed E-state index contributed by atoms with van der Waals surface area (Å²) in [6.45, 7) is 0.313. The van der Waals surface area contributed by atoms with E-state index in [1.165, 1.54) is 25.3 Å². The van der Waals surface area contributed by atoms with Gasteiger partial charge in [-0.3, -0.25) is 0 Å². The molecule has 2 aromatic rings. The van der Waals surface area contributed by atoms with Crippen molar-refractivity contribution in [1.82, 2.24) is 4.72 Å². The van der Waals surface area contributed by atoms with Crippen LogP contribution in [0.4, 0.5) is 0 Å². The number of benzene rings is 2. The summed E-state index contributed by atoms with van der Waals surface area (Å²) in [5.74, 6) is 1.76. The molecule has 1 N–H and O–H groups in total. The second kappa shape index (κ2) is 8.23. The molecule has 2 aromatic carbocycles. The van der Waals surface area contributed by atoms with E-state index in [1.54, 1.807) is 31.4 Å². The molecule has 0 amide bonds. The number of hydrogen-bond donors (Lipinski definition) is 1. The number of sulfonamides is 1. The molecule has 0 bridgehead atoms. The summed E-state index contributed by atoms with van der Waals surface area (Å²) in [5.41, 5.74) is 0. The third-order valence-corrected chi connectivity index (χ3v) is 4.91. The van der Waals surface area contributed by atoms with Crippen LogP contribution in [0.25, 0.3) is 0 Å². The van der Waals surface area contributed by atoms with Gasteiger partial charge in [0.1, 0.15) is 23.9 Å². The Kier molecular flexibility index (Phi) is 6.30. The van der Waals surface area contributed by atoms with Crippen molar-refractivity contribution in [2.75, 3.05) is 27.4 Å². The molecule has 24 heavy (non-hydrogen) atoms. The van der Waals surface area contributed by atoms with Crippen molar-refractivity contribution in [3.05, 3.63) is 47.5 Å². The maximum absolute atomic E-state index is 12.2. The van der Waals surface area contributed by atoms with Crippen LogP contribution in [0.15, 0.2) is 47.4 Å². The van der Waals surface area contributed by atoms with E-state index in [0.717, 1.165) is 5.75 Å². The highest BCUT2D eigenvalue weighted by Crippen LogP contribution is 2.26. The fraction of sp³-hybridized carbons (Fsp3) is 0.250. The van der Waals surface area contributed by atoms with Crippen LogP contribution in [0, 0.1) is 0 Å². The van der Waals surface area contributed by atoms with Crippen LogP contribution in [0.3, 0.4) is 0 Å². The average molecular weight is 372 g/mol. The van der Waals surface area contributed by atoms with Crippen LogP contribution in [0.5, 0.6) is 17.2 Å². The Morgan fingerprint density at radius 3 is 2.25 bits per heavy atom. The van der Waals surface area contributed by atoms with E-state index in [2.05, 4.69) is 4.72 Å². The molecule has 0 atom stereocenters. The molecule has 0 unspecified atom stereocenters. The van der Waals surface area contributed by atoms with Gasteiger partial charge in [-0.25, -0.2) is 13.1 Å². The number of rotatable bonds is 8. The minimum Gasteiger partial charge on any atom is -0.497 e. The number of halogens is 1. The molecular formula is C16H18ClNO5S. The molecule has 6 nitrogen and oxygen atoms in total. The van der Waals surface area contributed by atoms with Crippen molar-refractivity contribution in [2.24, 2.45) is 0 Å². The van der Waals surface area contributed by atoms with Crippen molar-refractivity contribution in [1.29, 1.82) is 0 Å². The highest BCUT2D eigenvalue weighted by Gasteiger charge is 2.15. The molecule has 0 aromatic heterocycles. The number of hydrogen-bond acceptors (Lipinski definition) is 5. The Hall–Kier alpha value is -1.96. The van der Waals surface area contributed by atoms with E-state index in [1.807, 2.05) is 0 Å². The van der Waals surface area contributed by atoms with E-state index in [9.17, 15) is 8.42 Å². The lowest BCUT2D eigenvalue weighted by molar-refractivity contribution is 0.322. The first kappa shape index (κ1) is 18.4. The van der Waals surface area contributed by atoms with Crippen molar-refractivity contribution in [3.8, 4) is 17.2 Å². The third-order valence-electron chi connectivity index (χ3n) is 3.16. The highest BCUT2D eigenvalue weighted by atomic mass is 35.5. The number of ether oxygens (including phenoxy) is 3. The molecule has 0 spiro atoms. The first-order valence-electron chi connectivity index (χ1n) is 7.06. The van der Waals surface area contributed by atoms with Gasteiger partial charge in [0.2, 0.25) is 10.0 Å². The van der Waals surface area contributed by atoms with Crippen molar-refractivity contribution in [2.45, 2.75) is 4.90 Å². The number of methoxy groups -OCH3 is 2. The summed E-state index contributed by atoms with van der Waals surface area (Å²) in [7, 11) is -0.621. The van der Waals surface area contributed by atoms with Gasteiger partial charge in [0, 0.05) is 6.54 Å². The monoisotopic (exact) mass is 371 g/mol. The first-order valence-corrected chi connectivity index (χ1v) is 8.92. The molecule has 0 aliphatic heterocycles. The quantitative estimate of drug-likeness (QED) is 0.722. The fourth-order valence-electron chi connectivity index (χ4n) is 1.91. The molecule has 0 radical (unpaired) electrons. The van der Waals surface area contributed by atoms with Crippen LogP contribution >= 0.6 is 11.6 Å². The van der Waals surface area contributed by atoms with Crippen LogP contribution in [-0.2, 0) is 10.0 Å². The highest BCUT2D eigenvalue weighted by molar-refractivity contribution is 7.89. The second-order valence-electron chi connectivity index (χ2n) is 4.72. The predicted octanol–water partition coefficient (Wildman–Crippen LogP) is 2.71. The normalized spacial score (nSPS) is 11.1. The molecule has 2 rings (SSSR count). The van der Waals surface area contributed by atoms with Gasteiger partial charge in [-0.05, 0) is 42.5 Å². The van der Waals surface area contributed by atoms with Gasteiger partial charge in [-0.15, -0.1) is 0 Å². The molecule has 0 fully saturated rings. The van der Waals surface area contributed by atoms with Crippen LogP contribution < -0.4 is 18.9 Å². The Morgan fingerprint density at radius 2 is 1.67 bits per heavy atom. The van der Waals surface area contributed by atoms with Crippen molar-refractivity contribution < 1.29 is 22.6 Å². The Balaban J connectivity index is 1.89. The maximum Gasteiger partial charge on any atom is 0.240 e. The molecule has 8 heteroatoms. The zero-order valence-electron chi connectivity index (χ0n) is 13.3. The molecule has 0 saturated heterocycles. The van der Waals surface area contributed by atoms with Crippen LogP contribution in [0.2, 0.25) is 5.02 Å². The van der Waals surface area contributed by atoms with Crippen LogP contribution in [-0.4, -0.2) is 35.8 Å². The lowest BCUT2D eigenvalue weighted by Gasteiger charge is -2.10. The summed E-state index contributed by atoms with van der Waals surface area (Å²) >= 11 is 5.95. The molecule has 0 aliphatic rings. The van der Waals surface area contributed by atoms with Gasteiger partial charge in [0.05, 0.1) is 24.1 Å². The van der Waals surface area contributed by atoms with Gasteiger partial charge < -0.3 is 14.2 Å². The standard InChI is InChI=1S/C16H18ClNO5S/c1-21-12-3-5-13(6-4-12)23-10-9-18-24(19,20)14-7-8-16(22-2)15(17)11-14/h3-8,11,18H,9-10H2,1-2H3. The second-order valence-corrected chi connectivity index (χ2v) is 6.89. The summed E-state index contributed by atoms with van der Waals surface area (Å²) in [6.07, 6.45) is 0. The molecule has 130 valence electrons. The zero-order chi connectivity index (χ0) is 17.6. The van der Waals surface area contributed by atoms with E-state index in [-0.39, 0.29) is 23.1 Å². The predicted molar refractivity (Wildman–Crippen MR) is 91.7 cm³/mol. The smallest absolute Gasteiger partial charge is 0.240 e. The lowest BCUT2D eigenvalue weighted by Crippen LogP contribution is -2.28. The zero-order valence-corrected chi connectivity index (χ0v) is 14.9. The average Bonchev–Trinajstić information content (AvgIpc) is 2.59. The SMILES string of the molecule is COc1ccc(OCCNS(=O)(=O)c2ccc(OC)c(Cl)c2)cc1. The minimum atomic E-state index is -3.66. The van der Waals surface area contributed by atoms with E-state index >= 15 is 0 Å². The van der Waals surface area contributed by atoms with Crippen LogP contribution in [0.1, 0.15) is 0 Å². The van der Waals surface area contributed by atoms with E-state index in [0.29, 0.717) is 11.5 Å². The lowest BCUT2D eigenvalue weighted by atomic mass is 10.3. The number of nitrogens with one attached hydrogen (secondary N) is 1. The van der Waals surface area contributed by atoms with Gasteiger partial charge in [0.25, 0.3) is 0 Å². The van der Waals surface area contributed by atoms with Gasteiger partial charge in [-0.2, -0.15) is 0 Å². The van der Waals surface area contributed by atoms with E-state index < -0.39 is 10.0 Å².